The van der Waals surface area contributed by atoms with Crippen molar-refractivity contribution in [3.05, 3.63) is 83.4 Å². The predicted octanol–water partition coefficient (Wildman–Crippen LogP) is 6.08. The Kier molecular flexibility index (Phi) is 7.98. The largest absolute Gasteiger partial charge is 0.497 e. The molecule has 4 rings (SSSR count). The number of aryl methyl sites for hydroxylation is 1. The first kappa shape index (κ1) is 24.7. The lowest BCUT2D eigenvalue weighted by atomic mass is 10.1. The summed E-state index contributed by atoms with van der Waals surface area (Å²) in [6.45, 7) is 2.17. The highest BCUT2D eigenvalue weighted by Crippen LogP contribution is 2.47. The molecule has 3 aromatic rings. The number of hydrogen-bond acceptors (Lipinski definition) is 5. The van der Waals surface area contributed by atoms with Crippen LogP contribution in [-0.4, -0.2) is 31.8 Å². The van der Waals surface area contributed by atoms with Gasteiger partial charge < -0.3 is 14.8 Å². The normalized spacial score (nSPS) is 15.2. The van der Waals surface area contributed by atoms with E-state index in [4.69, 9.17) is 9.47 Å². The maximum absolute atomic E-state index is 13.1. The summed E-state index contributed by atoms with van der Waals surface area (Å²) in [7, 11) is 3.16. The van der Waals surface area contributed by atoms with Crippen molar-refractivity contribution < 1.29 is 19.1 Å². The SMILES string of the molecule is CCCCc1ccc(C(=O)Nc2ccccc2C2SCC(=O)N2c2ccc(OC)cc2OC)cc1. The van der Waals surface area contributed by atoms with E-state index in [1.165, 1.54) is 17.3 Å². The summed E-state index contributed by atoms with van der Waals surface area (Å²) >= 11 is 1.52. The van der Waals surface area contributed by atoms with Crippen molar-refractivity contribution in [2.24, 2.45) is 0 Å². The molecule has 0 aromatic heterocycles. The Labute approximate surface area is 210 Å². The van der Waals surface area contributed by atoms with Crippen LogP contribution in [0.4, 0.5) is 11.4 Å². The molecule has 0 radical (unpaired) electrons. The van der Waals surface area contributed by atoms with Crippen molar-refractivity contribution in [2.75, 3.05) is 30.2 Å². The predicted molar refractivity (Wildman–Crippen MR) is 142 cm³/mol. The minimum Gasteiger partial charge on any atom is -0.497 e. The molecule has 0 saturated carbocycles. The third-order valence-electron chi connectivity index (χ3n) is 6.02. The molecule has 1 fully saturated rings. The van der Waals surface area contributed by atoms with Gasteiger partial charge >= 0.3 is 0 Å². The molecule has 35 heavy (non-hydrogen) atoms. The van der Waals surface area contributed by atoms with Crippen LogP contribution in [0.15, 0.2) is 66.7 Å². The third-order valence-corrected chi connectivity index (χ3v) is 7.22. The van der Waals surface area contributed by atoms with Crippen LogP contribution in [0, 0.1) is 0 Å². The number of anilines is 2. The Morgan fingerprint density at radius 2 is 1.83 bits per heavy atom. The minimum atomic E-state index is -0.308. The van der Waals surface area contributed by atoms with Gasteiger partial charge in [0.05, 0.1) is 25.7 Å². The summed E-state index contributed by atoms with van der Waals surface area (Å²) in [5, 5.41) is 2.75. The Hall–Kier alpha value is -3.45. The maximum Gasteiger partial charge on any atom is 0.255 e. The van der Waals surface area contributed by atoms with Gasteiger partial charge in [-0.25, -0.2) is 0 Å². The van der Waals surface area contributed by atoms with Crippen LogP contribution in [0.25, 0.3) is 0 Å². The van der Waals surface area contributed by atoms with Crippen LogP contribution in [-0.2, 0) is 11.2 Å². The fourth-order valence-electron chi connectivity index (χ4n) is 4.12. The van der Waals surface area contributed by atoms with Gasteiger partial charge in [0.15, 0.2) is 0 Å². The average Bonchev–Trinajstić information content (AvgIpc) is 3.28. The Bertz CT molecular complexity index is 1200. The quantitative estimate of drug-likeness (QED) is 0.394. The molecule has 1 aliphatic rings. The van der Waals surface area contributed by atoms with E-state index in [0.29, 0.717) is 34.2 Å². The van der Waals surface area contributed by atoms with Crippen molar-refractivity contribution in [3.8, 4) is 11.5 Å². The van der Waals surface area contributed by atoms with Gasteiger partial charge in [-0.2, -0.15) is 0 Å². The number of para-hydroxylation sites is 1. The number of nitrogens with zero attached hydrogens (tertiary/aromatic N) is 1. The number of nitrogens with one attached hydrogen (secondary N) is 1. The molecule has 1 unspecified atom stereocenters. The monoisotopic (exact) mass is 490 g/mol. The zero-order chi connectivity index (χ0) is 24.8. The van der Waals surface area contributed by atoms with Gasteiger partial charge in [0, 0.05) is 22.9 Å². The number of ether oxygens (including phenoxy) is 2. The van der Waals surface area contributed by atoms with E-state index in [1.807, 2.05) is 60.7 Å². The molecule has 2 amide bonds. The molecule has 0 spiro atoms. The summed E-state index contributed by atoms with van der Waals surface area (Å²) in [6, 6.07) is 20.8. The van der Waals surface area contributed by atoms with Crippen LogP contribution in [0.1, 0.15) is 46.6 Å². The Morgan fingerprint density at radius 1 is 1.06 bits per heavy atom. The molecule has 1 atom stereocenters. The minimum absolute atomic E-state index is 0.0211. The zero-order valence-electron chi connectivity index (χ0n) is 20.2. The Morgan fingerprint density at radius 3 is 2.54 bits per heavy atom. The Balaban J connectivity index is 1.60. The van der Waals surface area contributed by atoms with Crippen molar-refractivity contribution in [1.82, 2.24) is 0 Å². The number of hydrogen-bond donors (Lipinski definition) is 1. The van der Waals surface area contributed by atoms with E-state index in [-0.39, 0.29) is 17.2 Å². The first-order valence-electron chi connectivity index (χ1n) is 11.7. The van der Waals surface area contributed by atoms with E-state index in [2.05, 4.69) is 12.2 Å². The smallest absolute Gasteiger partial charge is 0.255 e. The van der Waals surface area contributed by atoms with Crippen LogP contribution >= 0.6 is 11.8 Å². The second-order valence-electron chi connectivity index (χ2n) is 8.31. The lowest BCUT2D eigenvalue weighted by Crippen LogP contribution is -2.29. The number of rotatable bonds is 9. The fraction of sp³-hybridized carbons (Fsp3) is 0.286. The number of unbranched alkanes of at least 4 members (excludes halogenated alkanes) is 1. The molecule has 6 nitrogen and oxygen atoms in total. The number of carbonyl (C=O) groups is 2. The molecule has 7 heteroatoms. The van der Waals surface area contributed by atoms with E-state index < -0.39 is 0 Å². The molecule has 0 bridgehead atoms. The highest BCUT2D eigenvalue weighted by Gasteiger charge is 2.37. The first-order chi connectivity index (χ1) is 17.0. The molecular weight excluding hydrogens is 460 g/mol. The van der Waals surface area contributed by atoms with Crippen LogP contribution < -0.4 is 19.7 Å². The lowest BCUT2D eigenvalue weighted by molar-refractivity contribution is -0.115. The highest BCUT2D eigenvalue weighted by molar-refractivity contribution is 8.00. The molecule has 1 heterocycles. The van der Waals surface area contributed by atoms with Gasteiger partial charge in [-0.05, 0) is 48.7 Å². The second kappa shape index (κ2) is 11.3. The van der Waals surface area contributed by atoms with Gasteiger partial charge in [0.25, 0.3) is 5.91 Å². The van der Waals surface area contributed by atoms with Crippen LogP contribution in [0.2, 0.25) is 0 Å². The topological polar surface area (TPSA) is 67.9 Å². The summed E-state index contributed by atoms with van der Waals surface area (Å²) in [5.74, 6) is 1.33. The number of carbonyl (C=O) groups excluding carboxylic acids is 2. The van der Waals surface area contributed by atoms with Gasteiger partial charge in [-0.1, -0.05) is 43.7 Å². The third kappa shape index (κ3) is 5.46. The van der Waals surface area contributed by atoms with Gasteiger partial charge in [-0.3, -0.25) is 14.5 Å². The van der Waals surface area contributed by atoms with E-state index in [0.717, 1.165) is 24.8 Å². The van der Waals surface area contributed by atoms with E-state index in [9.17, 15) is 9.59 Å². The van der Waals surface area contributed by atoms with Gasteiger partial charge in [0.1, 0.15) is 16.9 Å². The number of benzene rings is 3. The number of thioether (sulfide) groups is 1. The lowest BCUT2D eigenvalue weighted by Gasteiger charge is -2.27. The summed E-state index contributed by atoms with van der Waals surface area (Å²) in [5.41, 5.74) is 4.03. The van der Waals surface area contributed by atoms with Crippen molar-refractivity contribution in [2.45, 2.75) is 31.6 Å². The molecule has 3 aromatic carbocycles. The summed E-state index contributed by atoms with van der Waals surface area (Å²) < 4.78 is 10.9. The molecule has 1 saturated heterocycles. The zero-order valence-corrected chi connectivity index (χ0v) is 21.1. The second-order valence-corrected chi connectivity index (χ2v) is 9.38. The standard InChI is InChI=1S/C28H30N2O4S/c1-4-5-8-19-11-13-20(14-12-19)27(32)29-23-10-7-6-9-22(23)28-30(26(31)18-35-28)24-16-15-21(33-2)17-25(24)34-3/h6-7,9-17,28H,4-5,8,18H2,1-3H3,(H,29,32). The van der Waals surface area contributed by atoms with Gasteiger partial charge in [-0.15, -0.1) is 11.8 Å². The van der Waals surface area contributed by atoms with Crippen molar-refractivity contribution in [1.29, 1.82) is 0 Å². The van der Waals surface area contributed by atoms with E-state index in [1.54, 1.807) is 25.2 Å². The van der Waals surface area contributed by atoms with Crippen molar-refractivity contribution in [3.63, 3.8) is 0 Å². The summed E-state index contributed by atoms with van der Waals surface area (Å²) in [6.07, 6.45) is 3.28. The molecule has 0 aliphatic carbocycles. The molecule has 1 aliphatic heterocycles. The number of methoxy groups -OCH3 is 2. The molecule has 1 N–H and O–H groups in total. The maximum atomic E-state index is 13.1. The highest BCUT2D eigenvalue weighted by atomic mass is 32.2. The first-order valence-corrected chi connectivity index (χ1v) is 12.8. The number of amides is 2. The molecular formula is C28H30N2O4S. The fourth-order valence-corrected chi connectivity index (χ4v) is 5.33. The van der Waals surface area contributed by atoms with Crippen LogP contribution in [0.5, 0.6) is 11.5 Å². The average molecular weight is 491 g/mol. The van der Waals surface area contributed by atoms with E-state index >= 15 is 0 Å². The van der Waals surface area contributed by atoms with Crippen molar-refractivity contribution >= 4 is 35.0 Å². The van der Waals surface area contributed by atoms with Crippen LogP contribution in [0.3, 0.4) is 0 Å². The summed E-state index contributed by atoms with van der Waals surface area (Å²) in [4.78, 5) is 27.8. The molecule has 182 valence electrons. The van der Waals surface area contributed by atoms with Gasteiger partial charge in [0.2, 0.25) is 5.91 Å².